The molecule has 2 aromatic carbocycles. The number of thioether (sulfide) groups is 1. The van der Waals surface area contributed by atoms with Crippen LogP contribution in [0.3, 0.4) is 0 Å². The van der Waals surface area contributed by atoms with Crippen molar-refractivity contribution in [2.45, 2.75) is 16.7 Å². The highest BCUT2D eigenvalue weighted by atomic mass is 32.2. The first-order chi connectivity index (χ1) is 13.2. The van der Waals surface area contributed by atoms with Crippen molar-refractivity contribution in [2.75, 3.05) is 18.6 Å². The molecule has 27 heavy (non-hydrogen) atoms. The Morgan fingerprint density at radius 2 is 1.74 bits per heavy atom. The van der Waals surface area contributed by atoms with E-state index < -0.39 is 10.8 Å². The maximum Gasteiger partial charge on any atom is 0.191 e. The molecule has 3 rings (SSSR count). The second-order valence-corrected chi connectivity index (χ2v) is 8.27. The Hall–Kier alpha value is -2.32. The second kappa shape index (κ2) is 9.57. The zero-order chi connectivity index (χ0) is 19.1. The van der Waals surface area contributed by atoms with E-state index in [0.29, 0.717) is 18.1 Å². The van der Waals surface area contributed by atoms with Gasteiger partial charge in [-0.3, -0.25) is 4.21 Å². The first-order valence-electron chi connectivity index (χ1n) is 8.38. The average molecular weight is 404 g/mol. The Kier molecular flexibility index (Phi) is 6.89. The van der Waals surface area contributed by atoms with E-state index in [1.54, 1.807) is 18.9 Å². The molecule has 0 spiro atoms. The number of aromatic nitrogens is 3. The van der Waals surface area contributed by atoms with E-state index in [4.69, 9.17) is 9.47 Å². The van der Waals surface area contributed by atoms with E-state index in [1.807, 2.05) is 66.2 Å². The van der Waals surface area contributed by atoms with Crippen LogP contribution in [0.4, 0.5) is 0 Å². The summed E-state index contributed by atoms with van der Waals surface area (Å²) >= 11 is 1.54. The summed E-state index contributed by atoms with van der Waals surface area (Å²) in [4.78, 5) is 0.852. The van der Waals surface area contributed by atoms with Crippen molar-refractivity contribution in [3.8, 4) is 11.5 Å². The SMILES string of the molecule is COc1ccc(OCc2nnc(SCCS(=O)c3ccccc3)n2C)cc1. The molecular weight excluding hydrogens is 382 g/mol. The van der Waals surface area contributed by atoms with Crippen LogP contribution in [-0.4, -0.2) is 37.6 Å². The summed E-state index contributed by atoms with van der Waals surface area (Å²) in [5, 5.41) is 9.17. The van der Waals surface area contributed by atoms with E-state index in [9.17, 15) is 4.21 Å². The molecule has 0 aliphatic carbocycles. The van der Waals surface area contributed by atoms with Gasteiger partial charge in [-0.25, -0.2) is 0 Å². The van der Waals surface area contributed by atoms with Crippen LogP contribution in [-0.2, 0) is 24.5 Å². The smallest absolute Gasteiger partial charge is 0.191 e. The molecule has 1 heterocycles. The van der Waals surface area contributed by atoms with Gasteiger partial charge in [0, 0.05) is 23.4 Å². The Balaban J connectivity index is 1.50. The van der Waals surface area contributed by atoms with Crippen LogP contribution in [0.25, 0.3) is 0 Å². The van der Waals surface area contributed by atoms with Crippen LogP contribution in [0.2, 0.25) is 0 Å². The maximum absolute atomic E-state index is 12.3. The second-order valence-electron chi connectivity index (χ2n) is 5.63. The van der Waals surface area contributed by atoms with Crippen molar-refractivity contribution in [3.63, 3.8) is 0 Å². The number of methoxy groups -OCH3 is 1. The lowest BCUT2D eigenvalue weighted by Crippen LogP contribution is -2.05. The quantitative estimate of drug-likeness (QED) is 0.511. The molecule has 0 radical (unpaired) electrons. The van der Waals surface area contributed by atoms with Gasteiger partial charge in [0.05, 0.1) is 17.9 Å². The Morgan fingerprint density at radius 1 is 1.04 bits per heavy atom. The van der Waals surface area contributed by atoms with E-state index in [-0.39, 0.29) is 0 Å². The van der Waals surface area contributed by atoms with Gasteiger partial charge in [-0.2, -0.15) is 0 Å². The van der Waals surface area contributed by atoms with Crippen molar-refractivity contribution >= 4 is 22.6 Å². The minimum Gasteiger partial charge on any atom is -0.497 e. The minimum atomic E-state index is -1.00. The molecule has 142 valence electrons. The number of hydrogen-bond acceptors (Lipinski definition) is 6. The van der Waals surface area contributed by atoms with Crippen molar-refractivity contribution in [3.05, 3.63) is 60.4 Å². The van der Waals surface area contributed by atoms with Gasteiger partial charge < -0.3 is 14.0 Å². The first-order valence-corrected chi connectivity index (χ1v) is 10.7. The number of benzene rings is 2. The molecule has 1 aromatic heterocycles. The van der Waals surface area contributed by atoms with Crippen LogP contribution in [0.5, 0.6) is 11.5 Å². The van der Waals surface area contributed by atoms with Crippen LogP contribution < -0.4 is 9.47 Å². The lowest BCUT2D eigenvalue weighted by Gasteiger charge is -2.07. The zero-order valence-corrected chi connectivity index (χ0v) is 16.8. The summed E-state index contributed by atoms with van der Waals surface area (Å²) in [5.74, 6) is 3.53. The lowest BCUT2D eigenvalue weighted by atomic mass is 10.3. The molecule has 3 aromatic rings. The molecule has 1 atom stereocenters. The van der Waals surface area contributed by atoms with Crippen LogP contribution in [0.1, 0.15) is 5.82 Å². The van der Waals surface area contributed by atoms with Gasteiger partial charge in [0.15, 0.2) is 11.0 Å². The highest BCUT2D eigenvalue weighted by Gasteiger charge is 2.11. The average Bonchev–Trinajstić information content (AvgIpc) is 3.07. The fraction of sp³-hybridized carbons (Fsp3) is 0.263. The fourth-order valence-corrected chi connectivity index (χ4v) is 4.53. The summed E-state index contributed by atoms with van der Waals surface area (Å²) in [6, 6.07) is 16.9. The maximum atomic E-state index is 12.3. The molecule has 0 aliphatic rings. The van der Waals surface area contributed by atoms with Gasteiger partial charge >= 0.3 is 0 Å². The monoisotopic (exact) mass is 403 g/mol. The molecule has 8 heteroatoms. The molecule has 0 aliphatic heterocycles. The Labute approximate surface area is 165 Å². The van der Waals surface area contributed by atoms with E-state index >= 15 is 0 Å². The van der Waals surface area contributed by atoms with E-state index in [0.717, 1.165) is 27.4 Å². The lowest BCUT2D eigenvalue weighted by molar-refractivity contribution is 0.290. The number of ether oxygens (including phenoxy) is 2. The third-order valence-corrected chi connectivity index (χ3v) is 6.51. The third kappa shape index (κ3) is 5.33. The molecule has 0 saturated carbocycles. The van der Waals surface area contributed by atoms with E-state index in [2.05, 4.69) is 10.2 Å². The molecule has 0 saturated heterocycles. The van der Waals surface area contributed by atoms with E-state index in [1.165, 1.54) is 0 Å². The summed E-state index contributed by atoms with van der Waals surface area (Å²) in [6.07, 6.45) is 0. The highest BCUT2D eigenvalue weighted by Crippen LogP contribution is 2.20. The van der Waals surface area contributed by atoms with Crippen molar-refractivity contribution in [2.24, 2.45) is 7.05 Å². The number of nitrogens with zero attached hydrogens (tertiary/aromatic N) is 3. The van der Waals surface area contributed by atoms with Gasteiger partial charge in [0.25, 0.3) is 0 Å². The standard InChI is InChI=1S/C19H21N3O3S2/c1-22-18(14-25-16-10-8-15(24-2)9-11-16)20-21-19(22)26-12-13-27(23)17-6-4-3-5-7-17/h3-11H,12-14H2,1-2H3. The van der Waals surface area contributed by atoms with Crippen LogP contribution in [0, 0.1) is 0 Å². The largest absolute Gasteiger partial charge is 0.497 e. The predicted molar refractivity (Wildman–Crippen MR) is 107 cm³/mol. The van der Waals surface area contributed by atoms with Gasteiger partial charge in [-0.05, 0) is 36.4 Å². The summed E-state index contributed by atoms with van der Waals surface area (Å²) in [7, 11) is 2.53. The van der Waals surface area contributed by atoms with Gasteiger partial charge in [-0.1, -0.05) is 30.0 Å². The summed E-state index contributed by atoms with van der Waals surface area (Å²) in [5.41, 5.74) is 0. The number of hydrogen-bond donors (Lipinski definition) is 0. The number of rotatable bonds is 9. The Bertz CT molecular complexity index is 883. The first kappa shape index (κ1) is 19.4. The zero-order valence-electron chi connectivity index (χ0n) is 15.2. The molecule has 1 unspecified atom stereocenters. The molecule has 0 N–H and O–H groups in total. The molecule has 6 nitrogen and oxygen atoms in total. The third-order valence-electron chi connectivity index (χ3n) is 3.86. The predicted octanol–water partition coefficient (Wildman–Crippen LogP) is 3.30. The molecule has 0 bridgehead atoms. The van der Waals surface area contributed by atoms with Gasteiger partial charge in [0.1, 0.15) is 18.1 Å². The van der Waals surface area contributed by atoms with Crippen molar-refractivity contribution < 1.29 is 13.7 Å². The summed E-state index contributed by atoms with van der Waals surface area (Å²) in [6.45, 7) is 0.326. The summed E-state index contributed by atoms with van der Waals surface area (Å²) < 4.78 is 25.0. The van der Waals surface area contributed by atoms with Gasteiger partial charge in [0.2, 0.25) is 0 Å². The van der Waals surface area contributed by atoms with Crippen molar-refractivity contribution in [1.82, 2.24) is 14.8 Å². The Morgan fingerprint density at radius 3 is 2.44 bits per heavy atom. The topological polar surface area (TPSA) is 66.2 Å². The highest BCUT2D eigenvalue weighted by molar-refractivity contribution is 8.00. The van der Waals surface area contributed by atoms with Crippen LogP contribution in [0.15, 0.2) is 64.6 Å². The molecule has 0 fully saturated rings. The molecular formula is C19H21N3O3S2. The molecule has 0 amide bonds. The van der Waals surface area contributed by atoms with Gasteiger partial charge in [-0.15, -0.1) is 10.2 Å². The van der Waals surface area contributed by atoms with Crippen molar-refractivity contribution in [1.29, 1.82) is 0 Å². The minimum absolute atomic E-state index is 0.326. The van der Waals surface area contributed by atoms with Crippen LogP contribution >= 0.6 is 11.8 Å². The normalized spacial score (nSPS) is 11.9. The fourth-order valence-electron chi connectivity index (χ4n) is 2.32.